The molecule has 0 radical (unpaired) electrons. The quantitative estimate of drug-likeness (QED) is 0.135. The average molecular weight is 1200 g/mol. The molecule has 3 heterocycles. The Bertz CT molecular complexity index is 4290. The van der Waals surface area contributed by atoms with Gasteiger partial charge in [-0.2, -0.15) is 12.1 Å². The van der Waals surface area contributed by atoms with Crippen LogP contribution in [0, 0.1) is 25.4 Å². The summed E-state index contributed by atoms with van der Waals surface area (Å²) < 4.78 is 9.02. The van der Waals surface area contributed by atoms with Crippen molar-refractivity contribution in [2.45, 2.75) is 31.6 Å². The molecule has 2 aliphatic rings. The molecule has 0 spiro atoms. The summed E-state index contributed by atoms with van der Waals surface area (Å²) in [6.07, 6.45) is 1.92. The monoisotopic (exact) mass is 1200 g/mol. The summed E-state index contributed by atoms with van der Waals surface area (Å²) in [5, 5.41) is 2.11. The summed E-state index contributed by atoms with van der Waals surface area (Å²) in [6.45, 7) is 17.1. The van der Waals surface area contributed by atoms with E-state index in [2.05, 4.69) is 271 Å². The molecule has 2 aromatic heterocycles. The topological polar surface area (TPSA) is 37.9 Å². The summed E-state index contributed by atoms with van der Waals surface area (Å²) in [4.78, 5) is 13.6. The Morgan fingerprint density at radius 1 is 0.532 bits per heavy atom. The van der Waals surface area contributed by atoms with E-state index in [-0.39, 0.29) is 26.5 Å². The Morgan fingerprint density at radius 3 is 1.90 bits per heavy atom. The fourth-order valence-corrected chi connectivity index (χ4v) is 12.0. The van der Waals surface area contributed by atoms with Crippen LogP contribution in [0.25, 0.3) is 65.8 Å². The summed E-state index contributed by atoms with van der Waals surface area (Å²) in [5.74, 6) is 1.85. The third-order valence-electron chi connectivity index (χ3n) is 15.6. The van der Waals surface area contributed by atoms with Gasteiger partial charge in [0.1, 0.15) is 5.82 Å². The Balaban J connectivity index is 0.00000591. The van der Waals surface area contributed by atoms with Gasteiger partial charge in [0, 0.05) is 72.5 Å². The van der Waals surface area contributed by atoms with Gasteiger partial charge in [0.2, 0.25) is 0 Å². The van der Waals surface area contributed by atoms with E-state index in [1.165, 1.54) is 11.1 Å². The van der Waals surface area contributed by atoms with Crippen molar-refractivity contribution in [1.82, 2.24) is 9.55 Å². The van der Waals surface area contributed by atoms with Gasteiger partial charge in [-0.1, -0.05) is 202 Å². The second-order valence-corrected chi connectivity index (χ2v) is 21.1. The summed E-state index contributed by atoms with van der Waals surface area (Å²) in [5.41, 5.74) is 18.2. The Labute approximate surface area is 475 Å². The molecule has 79 heavy (non-hydrogen) atoms. The number of ether oxygens (including phenoxy) is 1. The van der Waals surface area contributed by atoms with Crippen molar-refractivity contribution < 1.29 is 25.8 Å². The van der Waals surface area contributed by atoms with E-state index in [1.807, 2.05) is 30.5 Å². The van der Waals surface area contributed by atoms with Gasteiger partial charge in [0.05, 0.1) is 12.0 Å². The molecule has 0 saturated carbocycles. The maximum absolute atomic E-state index is 8.14. The van der Waals surface area contributed by atoms with E-state index in [9.17, 15) is 0 Å². The SMILES string of the molecule is [C-]#[N+]c1ccc2c(c1)C(c1ccc(C(C)(C)C)cc1)(c1ccnc(-n3c4[c-]c(Oc5[c-]c(N6[CH-]N(c7c(-c8ccccc8)cccc7-c7ccccc7)c7ccccc76)ccc5)ccc4c4ccccc43)c1)c1ccccc1-2.[Pt]. The number of hydrogen-bond acceptors (Lipinski definition) is 4. The molecule has 7 heteroatoms. The van der Waals surface area contributed by atoms with Gasteiger partial charge in [0.15, 0.2) is 5.69 Å². The second kappa shape index (κ2) is 19.6. The number of nitrogens with zero attached hydrogens (tertiary/aromatic N) is 5. The smallest absolute Gasteiger partial charge is 0.187 e. The fraction of sp³-hybridized carbons (Fsp3) is 0.0694. The molecule has 1 atom stereocenters. The number of para-hydroxylation sites is 4. The molecule has 1 aliphatic heterocycles. The molecule has 10 aromatic carbocycles. The van der Waals surface area contributed by atoms with Gasteiger partial charge in [-0.3, -0.25) is 0 Å². The minimum Gasteiger partial charge on any atom is -0.509 e. The largest absolute Gasteiger partial charge is 0.509 e. The minimum atomic E-state index is -0.752. The van der Waals surface area contributed by atoms with Crippen LogP contribution in [0.15, 0.2) is 243 Å². The number of aromatic nitrogens is 2. The van der Waals surface area contributed by atoms with Crippen LogP contribution in [0.2, 0.25) is 0 Å². The normalized spacial score (nSPS) is 14.4. The van der Waals surface area contributed by atoms with E-state index in [0.717, 1.165) is 100 Å². The first-order valence-corrected chi connectivity index (χ1v) is 26.4. The van der Waals surface area contributed by atoms with Gasteiger partial charge in [-0.15, -0.1) is 48.1 Å². The maximum Gasteiger partial charge on any atom is 0.187 e. The fourth-order valence-electron chi connectivity index (χ4n) is 12.0. The standard InChI is InChI=1S/C72H50N5O.Pt/c1-71(2,3)50-33-35-51(36-34-50)72(63-29-13-11-25-59(63)60-39-37-53(73-4)44-64(60)72)52-41-42-74-69(43-52)77-65-30-14-12-26-61(65)62-40-38-56(46-68(62)77)78-55-24-17-23-54(45-55)75-47-76(67-32-16-15-31-66(67)75)70-57(48-19-7-5-8-20-48)27-18-28-58(70)49-21-9-6-10-22-49;/h5-44,47H,1-3H3;/q-3;. The zero-order chi connectivity index (χ0) is 52.5. The molecular formula is C72H50N5OPt-3. The summed E-state index contributed by atoms with van der Waals surface area (Å²) in [7, 11) is 0. The molecular weight excluding hydrogens is 1150 g/mol. The van der Waals surface area contributed by atoms with Crippen molar-refractivity contribution in [2.24, 2.45) is 0 Å². The third-order valence-corrected chi connectivity index (χ3v) is 15.6. The van der Waals surface area contributed by atoms with Crippen LogP contribution in [0.5, 0.6) is 11.5 Å². The summed E-state index contributed by atoms with van der Waals surface area (Å²) >= 11 is 0. The van der Waals surface area contributed by atoms with Gasteiger partial charge < -0.3 is 19.1 Å². The molecule has 0 bridgehead atoms. The molecule has 0 amide bonds. The Hall–Kier alpha value is -9.27. The zero-order valence-corrected chi connectivity index (χ0v) is 45.9. The number of hydrogen-bond donors (Lipinski definition) is 0. The van der Waals surface area contributed by atoms with Gasteiger partial charge >= 0.3 is 0 Å². The molecule has 1 unspecified atom stereocenters. The Kier molecular flexibility index (Phi) is 12.3. The number of anilines is 4. The van der Waals surface area contributed by atoms with Crippen molar-refractivity contribution in [1.29, 1.82) is 0 Å². The molecule has 0 N–H and O–H groups in total. The van der Waals surface area contributed by atoms with Crippen molar-refractivity contribution in [2.75, 3.05) is 9.80 Å². The predicted molar refractivity (Wildman–Crippen MR) is 317 cm³/mol. The molecule has 0 fully saturated rings. The van der Waals surface area contributed by atoms with Gasteiger partial charge in [0.25, 0.3) is 0 Å². The van der Waals surface area contributed by atoms with Crippen molar-refractivity contribution in [3.8, 4) is 50.7 Å². The van der Waals surface area contributed by atoms with Crippen LogP contribution in [0.1, 0.15) is 48.6 Å². The van der Waals surface area contributed by atoms with Crippen LogP contribution in [0.4, 0.5) is 28.4 Å². The molecule has 6 nitrogen and oxygen atoms in total. The van der Waals surface area contributed by atoms with Crippen LogP contribution in [0.3, 0.4) is 0 Å². The predicted octanol–water partition coefficient (Wildman–Crippen LogP) is 18.5. The Morgan fingerprint density at radius 2 is 1.16 bits per heavy atom. The van der Waals surface area contributed by atoms with E-state index >= 15 is 0 Å². The number of rotatable bonds is 9. The molecule has 0 saturated heterocycles. The van der Waals surface area contributed by atoms with E-state index in [1.54, 1.807) is 0 Å². The van der Waals surface area contributed by atoms with E-state index in [4.69, 9.17) is 16.3 Å². The molecule has 12 aromatic rings. The number of pyridine rings is 1. The first-order chi connectivity index (χ1) is 38.3. The zero-order valence-electron chi connectivity index (χ0n) is 43.6. The second-order valence-electron chi connectivity index (χ2n) is 21.1. The van der Waals surface area contributed by atoms with Gasteiger partial charge in [-0.25, -0.2) is 9.83 Å². The minimum absolute atomic E-state index is 0. The van der Waals surface area contributed by atoms with Crippen LogP contribution in [-0.4, -0.2) is 9.55 Å². The first kappa shape index (κ1) is 49.3. The van der Waals surface area contributed by atoms with Crippen LogP contribution >= 0.6 is 0 Å². The van der Waals surface area contributed by atoms with Gasteiger partial charge in [-0.05, 0) is 91.2 Å². The molecule has 1 aliphatic carbocycles. The number of benzene rings is 10. The third kappa shape index (κ3) is 8.15. The molecule has 14 rings (SSSR count). The number of fused-ring (bicyclic) bond motifs is 7. The van der Waals surface area contributed by atoms with Crippen LogP contribution in [-0.2, 0) is 31.9 Å². The molecule has 382 valence electrons. The van der Waals surface area contributed by atoms with Crippen molar-refractivity contribution >= 4 is 50.2 Å². The van der Waals surface area contributed by atoms with E-state index in [0.29, 0.717) is 17.2 Å². The average Bonchev–Trinajstić information content (AvgIpc) is 4.21. The maximum atomic E-state index is 8.14. The first-order valence-electron chi connectivity index (χ1n) is 26.4. The van der Waals surface area contributed by atoms with Crippen LogP contribution < -0.4 is 14.5 Å². The summed E-state index contributed by atoms with van der Waals surface area (Å²) in [6, 6.07) is 90.6. The van der Waals surface area contributed by atoms with E-state index < -0.39 is 5.41 Å². The van der Waals surface area contributed by atoms with Crippen molar-refractivity contribution in [3.63, 3.8) is 0 Å². The van der Waals surface area contributed by atoms with Crippen molar-refractivity contribution in [3.05, 3.63) is 301 Å².